The zero-order valence-corrected chi connectivity index (χ0v) is 13.3. The number of halogens is 2. The number of hydrogen-bond donors (Lipinski definition) is 0. The topological polar surface area (TPSA) is 20.3 Å². The van der Waals surface area contributed by atoms with Crippen LogP contribution in [0.4, 0.5) is 8.78 Å². The molecule has 0 N–H and O–H groups in total. The lowest BCUT2D eigenvalue weighted by molar-refractivity contribution is -0.137. The first-order valence-electron chi connectivity index (χ1n) is 8.05. The number of likely N-dealkylation sites (tertiary alicyclic amines) is 1. The maximum atomic E-state index is 13.1. The van der Waals surface area contributed by atoms with Gasteiger partial charge in [-0.3, -0.25) is 4.79 Å². The molecule has 2 rings (SSSR count). The van der Waals surface area contributed by atoms with Crippen molar-refractivity contribution in [2.45, 2.75) is 65.7 Å². The molecule has 2 aliphatic rings. The summed E-state index contributed by atoms with van der Waals surface area (Å²) in [4.78, 5) is 13.6. The van der Waals surface area contributed by atoms with Crippen LogP contribution in [0.3, 0.4) is 0 Å². The third kappa shape index (κ3) is 4.42. The maximum Gasteiger partial charge on any atom is 0.267 e. The van der Waals surface area contributed by atoms with Crippen molar-refractivity contribution in [1.82, 2.24) is 4.90 Å². The molecule has 0 aromatic carbocycles. The van der Waals surface area contributed by atoms with Crippen molar-refractivity contribution in [2.75, 3.05) is 13.1 Å². The van der Waals surface area contributed by atoms with Crippen molar-refractivity contribution in [3.05, 3.63) is 0 Å². The smallest absolute Gasteiger partial charge is 0.267 e. The predicted octanol–water partition coefficient (Wildman–Crippen LogP) is 4.34. The van der Waals surface area contributed by atoms with E-state index in [0.717, 1.165) is 19.3 Å². The minimum atomic E-state index is -2.66. The summed E-state index contributed by atoms with van der Waals surface area (Å²) in [5.41, 5.74) is 0. The van der Waals surface area contributed by atoms with E-state index in [0.29, 0.717) is 11.8 Å². The van der Waals surface area contributed by atoms with E-state index >= 15 is 0 Å². The van der Waals surface area contributed by atoms with Gasteiger partial charge < -0.3 is 4.90 Å². The Kier molecular flexibility index (Phi) is 6.41. The first-order valence-corrected chi connectivity index (χ1v) is 8.05. The summed E-state index contributed by atoms with van der Waals surface area (Å²) in [6.07, 6.45) is 3.84. The second-order valence-electron chi connectivity index (χ2n) is 6.23. The van der Waals surface area contributed by atoms with Crippen molar-refractivity contribution in [3.63, 3.8) is 0 Å². The lowest BCUT2D eigenvalue weighted by atomic mass is 9.76. The maximum absolute atomic E-state index is 13.1. The van der Waals surface area contributed by atoms with Crippen LogP contribution in [-0.4, -0.2) is 29.8 Å². The highest BCUT2D eigenvalue weighted by Gasteiger charge is 2.42. The van der Waals surface area contributed by atoms with Crippen LogP contribution in [0.1, 0.15) is 59.8 Å². The van der Waals surface area contributed by atoms with Crippen LogP contribution >= 0.6 is 0 Å². The largest absolute Gasteiger partial charge is 0.336 e. The van der Waals surface area contributed by atoms with Crippen LogP contribution in [0.25, 0.3) is 0 Å². The van der Waals surface area contributed by atoms with Gasteiger partial charge >= 0.3 is 0 Å². The average Bonchev–Trinajstić information content (AvgIpc) is 2.80. The molecule has 1 aliphatic heterocycles. The summed E-state index contributed by atoms with van der Waals surface area (Å²) in [5.74, 6) is -1.55. The number of amides is 1. The van der Waals surface area contributed by atoms with Crippen LogP contribution in [-0.2, 0) is 4.79 Å². The highest BCUT2D eigenvalue weighted by Crippen LogP contribution is 2.36. The first-order chi connectivity index (χ1) is 9.39. The first kappa shape index (κ1) is 17.4. The molecule has 0 aromatic heterocycles. The number of alkyl halides is 2. The van der Waals surface area contributed by atoms with Crippen LogP contribution in [0.15, 0.2) is 0 Å². The molecule has 1 saturated carbocycles. The Morgan fingerprint density at radius 3 is 2.40 bits per heavy atom. The van der Waals surface area contributed by atoms with Crippen molar-refractivity contribution in [3.8, 4) is 0 Å². The standard InChI is InChI=1S/C14H23F2NO.C2H6/c1-10(2)11-4-3-5-12(8-11)13(18)17-7-6-14(15,16)9-17;1-2/h10-12H,3-9H2,1-2H3;1-2H3. The highest BCUT2D eigenvalue weighted by atomic mass is 19.3. The SMILES string of the molecule is CC.CC(C)C1CCCC(C(=O)N2CCC(F)(F)C2)C1. The number of nitrogens with zero attached hydrogens (tertiary/aromatic N) is 1. The van der Waals surface area contributed by atoms with Gasteiger partial charge in [0.15, 0.2) is 0 Å². The summed E-state index contributed by atoms with van der Waals surface area (Å²) in [6.45, 7) is 8.23. The highest BCUT2D eigenvalue weighted by molar-refractivity contribution is 5.79. The molecule has 2 atom stereocenters. The van der Waals surface area contributed by atoms with Gasteiger partial charge in [-0.1, -0.05) is 40.5 Å². The molecule has 2 fully saturated rings. The van der Waals surface area contributed by atoms with Crippen molar-refractivity contribution < 1.29 is 13.6 Å². The fourth-order valence-corrected chi connectivity index (χ4v) is 3.24. The molecule has 1 amide bonds. The molecule has 0 bridgehead atoms. The number of rotatable bonds is 2. The fourth-order valence-electron chi connectivity index (χ4n) is 3.24. The van der Waals surface area contributed by atoms with Gasteiger partial charge in [-0.05, 0) is 24.7 Å². The zero-order valence-electron chi connectivity index (χ0n) is 13.3. The molecule has 4 heteroatoms. The molecule has 1 saturated heterocycles. The predicted molar refractivity (Wildman–Crippen MR) is 77.8 cm³/mol. The molecule has 0 radical (unpaired) electrons. The van der Waals surface area contributed by atoms with Gasteiger partial charge in [0.2, 0.25) is 5.91 Å². The molecule has 0 aromatic rings. The second-order valence-corrected chi connectivity index (χ2v) is 6.23. The quantitative estimate of drug-likeness (QED) is 0.740. The lowest BCUT2D eigenvalue weighted by Crippen LogP contribution is -2.38. The lowest BCUT2D eigenvalue weighted by Gasteiger charge is -2.33. The Hall–Kier alpha value is -0.670. The molecule has 20 heavy (non-hydrogen) atoms. The number of hydrogen-bond acceptors (Lipinski definition) is 1. The summed E-state index contributed by atoms with van der Waals surface area (Å²) >= 11 is 0. The van der Waals surface area contributed by atoms with E-state index in [1.807, 2.05) is 13.8 Å². The minimum absolute atomic E-state index is 0.0138. The molecular formula is C16H29F2NO. The molecule has 1 heterocycles. The van der Waals surface area contributed by atoms with Crippen molar-refractivity contribution >= 4 is 5.91 Å². The number of carbonyl (C=O) groups excluding carboxylic acids is 1. The Balaban J connectivity index is 0.000000956. The van der Waals surface area contributed by atoms with Gasteiger partial charge in [0, 0.05) is 18.9 Å². The normalized spacial score (nSPS) is 29.1. The van der Waals surface area contributed by atoms with Crippen LogP contribution < -0.4 is 0 Å². The Morgan fingerprint density at radius 2 is 1.90 bits per heavy atom. The molecular weight excluding hydrogens is 260 g/mol. The molecule has 118 valence electrons. The molecule has 2 nitrogen and oxygen atoms in total. The van der Waals surface area contributed by atoms with E-state index in [4.69, 9.17) is 0 Å². The van der Waals surface area contributed by atoms with Gasteiger partial charge in [0.1, 0.15) is 0 Å². The van der Waals surface area contributed by atoms with E-state index in [1.165, 1.54) is 11.3 Å². The Labute approximate surface area is 121 Å². The van der Waals surface area contributed by atoms with Crippen molar-refractivity contribution in [1.29, 1.82) is 0 Å². The van der Waals surface area contributed by atoms with E-state index in [2.05, 4.69) is 13.8 Å². The van der Waals surface area contributed by atoms with Gasteiger partial charge in [-0.25, -0.2) is 8.78 Å². The third-order valence-corrected chi connectivity index (χ3v) is 4.49. The second kappa shape index (κ2) is 7.37. The van der Waals surface area contributed by atoms with Gasteiger partial charge in [-0.15, -0.1) is 0 Å². The van der Waals surface area contributed by atoms with Crippen molar-refractivity contribution in [2.24, 2.45) is 17.8 Å². The van der Waals surface area contributed by atoms with Crippen LogP contribution in [0.5, 0.6) is 0 Å². The third-order valence-electron chi connectivity index (χ3n) is 4.49. The van der Waals surface area contributed by atoms with Crippen LogP contribution in [0, 0.1) is 17.8 Å². The Morgan fingerprint density at radius 1 is 1.25 bits per heavy atom. The van der Waals surface area contributed by atoms with Gasteiger partial charge in [0.05, 0.1) is 6.54 Å². The molecule has 0 spiro atoms. The summed E-state index contributed by atoms with van der Waals surface area (Å²) in [6, 6.07) is 0. The monoisotopic (exact) mass is 289 g/mol. The number of carbonyl (C=O) groups is 1. The molecule has 1 aliphatic carbocycles. The fraction of sp³-hybridized carbons (Fsp3) is 0.938. The van der Waals surface area contributed by atoms with E-state index in [9.17, 15) is 13.6 Å². The minimum Gasteiger partial charge on any atom is -0.336 e. The average molecular weight is 289 g/mol. The van der Waals surface area contributed by atoms with Gasteiger partial charge in [-0.2, -0.15) is 0 Å². The van der Waals surface area contributed by atoms with Gasteiger partial charge in [0.25, 0.3) is 5.92 Å². The summed E-state index contributed by atoms with van der Waals surface area (Å²) in [5, 5.41) is 0. The summed E-state index contributed by atoms with van der Waals surface area (Å²) in [7, 11) is 0. The van der Waals surface area contributed by atoms with E-state index in [1.54, 1.807) is 0 Å². The van der Waals surface area contributed by atoms with E-state index in [-0.39, 0.29) is 31.3 Å². The Bertz CT molecular complexity index is 318. The van der Waals surface area contributed by atoms with Crippen LogP contribution in [0.2, 0.25) is 0 Å². The van der Waals surface area contributed by atoms with E-state index < -0.39 is 5.92 Å². The summed E-state index contributed by atoms with van der Waals surface area (Å²) < 4.78 is 26.3. The zero-order chi connectivity index (χ0) is 15.3. The molecule has 2 unspecified atom stereocenters.